The molecule has 0 aliphatic carbocycles. The van der Waals surface area contributed by atoms with Gasteiger partial charge in [-0.25, -0.2) is 9.48 Å². The first-order valence-corrected chi connectivity index (χ1v) is 5.10. The second kappa shape index (κ2) is 4.42. The van der Waals surface area contributed by atoms with Gasteiger partial charge in [0.1, 0.15) is 0 Å². The van der Waals surface area contributed by atoms with Crippen molar-refractivity contribution in [2.24, 2.45) is 5.92 Å². The number of carboxylic acids is 1. The zero-order chi connectivity index (χ0) is 11.6. The van der Waals surface area contributed by atoms with Crippen LogP contribution in [0.2, 0.25) is 0 Å². The van der Waals surface area contributed by atoms with Gasteiger partial charge in [-0.15, -0.1) is 5.10 Å². The molecule has 1 aromatic heterocycles. The van der Waals surface area contributed by atoms with Crippen LogP contribution >= 0.6 is 0 Å². The lowest BCUT2D eigenvalue weighted by Crippen LogP contribution is -2.13. The van der Waals surface area contributed by atoms with Gasteiger partial charge in [0.25, 0.3) is 0 Å². The van der Waals surface area contributed by atoms with Gasteiger partial charge in [-0.2, -0.15) is 0 Å². The van der Waals surface area contributed by atoms with Crippen LogP contribution in [-0.2, 0) is 6.54 Å². The van der Waals surface area contributed by atoms with E-state index >= 15 is 0 Å². The summed E-state index contributed by atoms with van der Waals surface area (Å²) >= 11 is 0. The lowest BCUT2D eigenvalue weighted by molar-refractivity contribution is 0.0688. The standard InChI is InChI=1S/C10H17N3O2/c1-6(2)5-13-9(7(3)4)8(10(14)15)11-12-13/h6-7H,5H2,1-4H3,(H,14,15). The number of hydrogen-bond acceptors (Lipinski definition) is 3. The summed E-state index contributed by atoms with van der Waals surface area (Å²) in [6, 6.07) is 0. The van der Waals surface area contributed by atoms with E-state index in [9.17, 15) is 4.79 Å². The van der Waals surface area contributed by atoms with Crippen molar-refractivity contribution >= 4 is 5.97 Å². The summed E-state index contributed by atoms with van der Waals surface area (Å²) in [4.78, 5) is 10.9. The van der Waals surface area contributed by atoms with Crippen molar-refractivity contribution in [2.75, 3.05) is 0 Å². The molecule has 5 heteroatoms. The largest absolute Gasteiger partial charge is 0.476 e. The molecular formula is C10H17N3O2. The molecule has 0 saturated heterocycles. The zero-order valence-electron chi connectivity index (χ0n) is 9.56. The average molecular weight is 211 g/mol. The number of aromatic nitrogens is 3. The molecule has 1 heterocycles. The molecule has 1 aromatic rings. The third-order valence-corrected chi connectivity index (χ3v) is 2.06. The fraction of sp³-hybridized carbons (Fsp3) is 0.700. The Balaban J connectivity index is 3.12. The van der Waals surface area contributed by atoms with Gasteiger partial charge in [0.05, 0.1) is 5.69 Å². The number of hydrogen-bond donors (Lipinski definition) is 1. The Morgan fingerprint density at radius 2 is 2.00 bits per heavy atom. The Labute approximate surface area is 89.1 Å². The van der Waals surface area contributed by atoms with Gasteiger partial charge in [0, 0.05) is 6.54 Å². The molecule has 84 valence electrons. The monoisotopic (exact) mass is 211 g/mol. The summed E-state index contributed by atoms with van der Waals surface area (Å²) in [5.41, 5.74) is 0.779. The topological polar surface area (TPSA) is 68.0 Å². The second-order valence-electron chi connectivity index (χ2n) is 4.36. The smallest absolute Gasteiger partial charge is 0.358 e. The van der Waals surface area contributed by atoms with Crippen molar-refractivity contribution < 1.29 is 9.90 Å². The molecule has 0 aliphatic heterocycles. The van der Waals surface area contributed by atoms with Crippen molar-refractivity contribution in [3.63, 3.8) is 0 Å². The SMILES string of the molecule is CC(C)Cn1nnc(C(=O)O)c1C(C)C. The predicted molar refractivity (Wildman–Crippen MR) is 55.9 cm³/mol. The summed E-state index contributed by atoms with van der Waals surface area (Å²) in [5, 5.41) is 16.5. The van der Waals surface area contributed by atoms with Crippen LogP contribution in [0.1, 0.15) is 49.8 Å². The van der Waals surface area contributed by atoms with Crippen LogP contribution in [0, 0.1) is 5.92 Å². The first-order valence-electron chi connectivity index (χ1n) is 5.10. The molecule has 0 aromatic carbocycles. The van der Waals surface area contributed by atoms with E-state index < -0.39 is 5.97 Å². The van der Waals surface area contributed by atoms with Gasteiger partial charge in [-0.3, -0.25) is 0 Å². The van der Waals surface area contributed by atoms with E-state index in [1.165, 1.54) is 0 Å². The third kappa shape index (κ3) is 2.55. The van der Waals surface area contributed by atoms with Crippen molar-refractivity contribution in [3.05, 3.63) is 11.4 Å². The van der Waals surface area contributed by atoms with E-state index in [2.05, 4.69) is 24.2 Å². The first-order chi connectivity index (χ1) is 6.93. The molecule has 0 radical (unpaired) electrons. The van der Waals surface area contributed by atoms with Crippen LogP contribution < -0.4 is 0 Å². The van der Waals surface area contributed by atoms with E-state index in [-0.39, 0.29) is 11.6 Å². The van der Waals surface area contributed by atoms with Crippen LogP contribution in [0.25, 0.3) is 0 Å². The van der Waals surface area contributed by atoms with Gasteiger partial charge in [0.2, 0.25) is 0 Å². The van der Waals surface area contributed by atoms with Gasteiger partial charge in [-0.1, -0.05) is 32.9 Å². The quantitative estimate of drug-likeness (QED) is 0.823. The highest BCUT2D eigenvalue weighted by Gasteiger charge is 2.21. The Morgan fingerprint density at radius 3 is 2.40 bits per heavy atom. The predicted octanol–water partition coefficient (Wildman–Crippen LogP) is 1.76. The maximum absolute atomic E-state index is 10.9. The van der Waals surface area contributed by atoms with Crippen LogP contribution in [0.4, 0.5) is 0 Å². The first kappa shape index (κ1) is 11.7. The second-order valence-corrected chi connectivity index (χ2v) is 4.36. The Bertz CT molecular complexity index is 356. The molecule has 1 N–H and O–H groups in total. The van der Waals surface area contributed by atoms with Crippen molar-refractivity contribution in [3.8, 4) is 0 Å². The number of carboxylic acid groups (broad SMARTS) is 1. The van der Waals surface area contributed by atoms with E-state index in [0.29, 0.717) is 18.2 Å². The summed E-state index contributed by atoms with van der Waals surface area (Å²) in [5.74, 6) is -0.468. The molecular weight excluding hydrogens is 194 g/mol. The highest BCUT2D eigenvalue weighted by atomic mass is 16.4. The lowest BCUT2D eigenvalue weighted by Gasteiger charge is -2.11. The number of nitrogens with zero attached hydrogens (tertiary/aromatic N) is 3. The Morgan fingerprint density at radius 1 is 1.40 bits per heavy atom. The molecule has 0 atom stereocenters. The van der Waals surface area contributed by atoms with Crippen LogP contribution in [-0.4, -0.2) is 26.1 Å². The zero-order valence-corrected chi connectivity index (χ0v) is 9.56. The van der Waals surface area contributed by atoms with E-state index in [4.69, 9.17) is 5.11 Å². The molecule has 15 heavy (non-hydrogen) atoms. The normalized spacial score (nSPS) is 11.3. The van der Waals surface area contributed by atoms with E-state index in [1.807, 2.05) is 13.8 Å². The fourth-order valence-electron chi connectivity index (χ4n) is 1.52. The van der Waals surface area contributed by atoms with Crippen molar-refractivity contribution in [1.82, 2.24) is 15.0 Å². The van der Waals surface area contributed by atoms with Crippen molar-refractivity contribution in [1.29, 1.82) is 0 Å². The molecule has 0 saturated carbocycles. The molecule has 5 nitrogen and oxygen atoms in total. The van der Waals surface area contributed by atoms with Gasteiger partial charge in [-0.05, 0) is 11.8 Å². The van der Waals surface area contributed by atoms with Gasteiger partial charge in [0.15, 0.2) is 5.69 Å². The third-order valence-electron chi connectivity index (χ3n) is 2.06. The minimum absolute atomic E-state index is 0.0747. The Hall–Kier alpha value is -1.39. The molecule has 0 unspecified atom stereocenters. The van der Waals surface area contributed by atoms with Crippen LogP contribution in [0.3, 0.4) is 0 Å². The summed E-state index contributed by atoms with van der Waals surface area (Å²) in [6.45, 7) is 8.72. The molecule has 0 amide bonds. The summed E-state index contributed by atoms with van der Waals surface area (Å²) in [6.07, 6.45) is 0. The summed E-state index contributed by atoms with van der Waals surface area (Å²) in [7, 11) is 0. The highest BCUT2D eigenvalue weighted by Crippen LogP contribution is 2.18. The van der Waals surface area contributed by atoms with Gasteiger partial charge < -0.3 is 5.11 Å². The molecule has 1 rings (SSSR count). The number of carbonyl (C=O) groups is 1. The van der Waals surface area contributed by atoms with Crippen LogP contribution in [0.5, 0.6) is 0 Å². The molecule has 0 spiro atoms. The number of rotatable bonds is 4. The van der Waals surface area contributed by atoms with Crippen molar-refractivity contribution in [2.45, 2.75) is 40.2 Å². The maximum Gasteiger partial charge on any atom is 0.358 e. The minimum atomic E-state index is -1.01. The molecule has 0 aliphatic rings. The maximum atomic E-state index is 10.9. The van der Waals surface area contributed by atoms with E-state index in [1.54, 1.807) is 4.68 Å². The minimum Gasteiger partial charge on any atom is -0.476 e. The molecule has 0 fully saturated rings. The average Bonchev–Trinajstić information content (AvgIpc) is 2.46. The highest BCUT2D eigenvalue weighted by molar-refractivity contribution is 5.86. The molecule has 0 bridgehead atoms. The van der Waals surface area contributed by atoms with E-state index in [0.717, 1.165) is 0 Å². The van der Waals surface area contributed by atoms with Gasteiger partial charge >= 0.3 is 5.97 Å². The lowest BCUT2D eigenvalue weighted by atomic mass is 10.1. The fourth-order valence-corrected chi connectivity index (χ4v) is 1.52. The number of aromatic carboxylic acids is 1. The Kier molecular flexibility index (Phi) is 3.44. The van der Waals surface area contributed by atoms with Crippen LogP contribution in [0.15, 0.2) is 0 Å². The summed E-state index contributed by atoms with van der Waals surface area (Å²) < 4.78 is 1.69.